The summed E-state index contributed by atoms with van der Waals surface area (Å²) in [5.41, 5.74) is -0.0931. The van der Waals surface area contributed by atoms with Crippen LogP contribution in [0.15, 0.2) is 0 Å². The van der Waals surface area contributed by atoms with Gasteiger partial charge in [-0.15, -0.1) is 0 Å². The standard InChI is InChI=1S/C13H20O2/c1-9(14)10-6-7-13(2)11(8-10)4-3-5-12(13)15/h10-11H,3-8H2,1-2H3/t10-,11-,13-/m0/s1. The second-order valence-electron chi connectivity index (χ2n) is 5.51. The molecule has 0 unspecified atom stereocenters. The molecular formula is C13H20O2. The lowest BCUT2D eigenvalue weighted by atomic mass is 9.57. The predicted molar refractivity (Wildman–Crippen MR) is 58.5 cm³/mol. The van der Waals surface area contributed by atoms with E-state index in [0.29, 0.717) is 17.5 Å². The van der Waals surface area contributed by atoms with Gasteiger partial charge >= 0.3 is 0 Å². The molecule has 0 bridgehead atoms. The van der Waals surface area contributed by atoms with Gasteiger partial charge in [-0.3, -0.25) is 9.59 Å². The summed E-state index contributed by atoms with van der Waals surface area (Å²) in [5, 5.41) is 0. The number of hydrogen-bond acceptors (Lipinski definition) is 2. The van der Waals surface area contributed by atoms with Crippen molar-refractivity contribution in [1.82, 2.24) is 0 Å². The summed E-state index contributed by atoms with van der Waals surface area (Å²) < 4.78 is 0. The van der Waals surface area contributed by atoms with E-state index >= 15 is 0 Å². The first kappa shape index (κ1) is 10.8. The van der Waals surface area contributed by atoms with Crippen molar-refractivity contribution in [3.8, 4) is 0 Å². The minimum absolute atomic E-state index is 0.0931. The molecule has 0 aromatic carbocycles. The van der Waals surface area contributed by atoms with E-state index < -0.39 is 0 Å². The molecule has 0 aliphatic heterocycles. The zero-order valence-electron chi connectivity index (χ0n) is 9.71. The van der Waals surface area contributed by atoms with E-state index in [1.807, 2.05) is 0 Å². The summed E-state index contributed by atoms with van der Waals surface area (Å²) in [5.74, 6) is 1.46. The fourth-order valence-corrected chi connectivity index (χ4v) is 3.37. The SMILES string of the molecule is CC(=O)[C@H]1CC[C@]2(C)C(=O)CCC[C@H]2C1. The topological polar surface area (TPSA) is 34.1 Å². The van der Waals surface area contributed by atoms with Crippen molar-refractivity contribution >= 4 is 11.6 Å². The van der Waals surface area contributed by atoms with E-state index in [9.17, 15) is 9.59 Å². The Bertz CT molecular complexity index is 295. The predicted octanol–water partition coefficient (Wildman–Crippen LogP) is 2.75. The van der Waals surface area contributed by atoms with E-state index in [1.165, 1.54) is 0 Å². The number of fused-ring (bicyclic) bond motifs is 1. The summed E-state index contributed by atoms with van der Waals surface area (Å²) in [7, 11) is 0. The Morgan fingerprint density at radius 1 is 1.40 bits per heavy atom. The molecule has 3 atom stereocenters. The Morgan fingerprint density at radius 3 is 2.80 bits per heavy atom. The highest BCUT2D eigenvalue weighted by Crippen LogP contribution is 2.49. The highest BCUT2D eigenvalue weighted by atomic mass is 16.1. The van der Waals surface area contributed by atoms with Gasteiger partial charge in [-0.25, -0.2) is 0 Å². The van der Waals surface area contributed by atoms with E-state index in [0.717, 1.165) is 38.5 Å². The van der Waals surface area contributed by atoms with Crippen molar-refractivity contribution in [1.29, 1.82) is 0 Å². The van der Waals surface area contributed by atoms with Gasteiger partial charge in [0.25, 0.3) is 0 Å². The van der Waals surface area contributed by atoms with Crippen LogP contribution in [0.5, 0.6) is 0 Å². The van der Waals surface area contributed by atoms with Crippen LogP contribution in [-0.4, -0.2) is 11.6 Å². The first-order valence-corrected chi connectivity index (χ1v) is 6.08. The van der Waals surface area contributed by atoms with Crippen molar-refractivity contribution in [2.24, 2.45) is 17.3 Å². The molecule has 0 aromatic rings. The number of hydrogen-bond donors (Lipinski definition) is 0. The summed E-state index contributed by atoms with van der Waals surface area (Å²) in [6.07, 6.45) is 5.75. The van der Waals surface area contributed by atoms with Crippen LogP contribution in [-0.2, 0) is 9.59 Å². The van der Waals surface area contributed by atoms with Gasteiger partial charge in [0.05, 0.1) is 0 Å². The molecule has 0 radical (unpaired) electrons. The Morgan fingerprint density at radius 2 is 2.13 bits per heavy atom. The van der Waals surface area contributed by atoms with Crippen LogP contribution in [0.2, 0.25) is 0 Å². The molecule has 2 heteroatoms. The molecule has 0 spiro atoms. The molecule has 0 saturated heterocycles. The second-order valence-corrected chi connectivity index (χ2v) is 5.51. The van der Waals surface area contributed by atoms with Crippen LogP contribution in [0.3, 0.4) is 0 Å². The molecule has 2 aliphatic carbocycles. The first-order chi connectivity index (χ1) is 7.04. The maximum atomic E-state index is 11.9. The molecule has 2 aliphatic rings. The summed E-state index contributed by atoms with van der Waals surface area (Å²) in [6, 6.07) is 0. The maximum absolute atomic E-state index is 11.9. The van der Waals surface area contributed by atoms with E-state index in [2.05, 4.69) is 6.92 Å². The average Bonchev–Trinajstić information content (AvgIpc) is 2.19. The zero-order chi connectivity index (χ0) is 11.1. The lowest BCUT2D eigenvalue weighted by Gasteiger charge is -2.45. The Labute approximate surface area is 91.4 Å². The van der Waals surface area contributed by atoms with Gasteiger partial charge in [0.15, 0.2) is 0 Å². The molecule has 2 fully saturated rings. The van der Waals surface area contributed by atoms with Crippen molar-refractivity contribution in [3.05, 3.63) is 0 Å². The summed E-state index contributed by atoms with van der Waals surface area (Å²) in [4.78, 5) is 23.3. The van der Waals surface area contributed by atoms with Crippen LogP contribution in [0, 0.1) is 17.3 Å². The number of carbonyl (C=O) groups is 2. The summed E-state index contributed by atoms with van der Waals surface area (Å²) in [6.45, 7) is 3.81. The first-order valence-electron chi connectivity index (χ1n) is 6.08. The number of carbonyl (C=O) groups excluding carboxylic acids is 2. The highest BCUT2D eigenvalue weighted by molar-refractivity contribution is 5.86. The van der Waals surface area contributed by atoms with E-state index in [4.69, 9.17) is 0 Å². The molecular weight excluding hydrogens is 188 g/mol. The van der Waals surface area contributed by atoms with Crippen LogP contribution in [0.4, 0.5) is 0 Å². The number of Topliss-reactive ketones (excluding diaryl/α,β-unsaturated/α-hetero) is 2. The van der Waals surface area contributed by atoms with Gasteiger partial charge in [0.1, 0.15) is 11.6 Å². The van der Waals surface area contributed by atoms with Crippen LogP contribution >= 0.6 is 0 Å². The third-order valence-electron chi connectivity index (χ3n) is 4.65. The Hall–Kier alpha value is -0.660. The second kappa shape index (κ2) is 3.73. The average molecular weight is 208 g/mol. The Balaban J connectivity index is 2.14. The lowest BCUT2D eigenvalue weighted by molar-refractivity contribution is -0.140. The number of ketones is 2. The monoisotopic (exact) mass is 208 g/mol. The summed E-state index contributed by atoms with van der Waals surface area (Å²) >= 11 is 0. The number of rotatable bonds is 1. The minimum Gasteiger partial charge on any atom is -0.300 e. The molecule has 0 heterocycles. The largest absolute Gasteiger partial charge is 0.300 e. The third-order valence-corrected chi connectivity index (χ3v) is 4.65. The van der Waals surface area contributed by atoms with E-state index in [1.54, 1.807) is 6.92 Å². The minimum atomic E-state index is -0.0931. The van der Waals surface area contributed by atoms with Crippen molar-refractivity contribution in [2.45, 2.75) is 52.4 Å². The van der Waals surface area contributed by atoms with Crippen molar-refractivity contribution < 1.29 is 9.59 Å². The zero-order valence-corrected chi connectivity index (χ0v) is 9.71. The molecule has 2 rings (SSSR count). The molecule has 2 saturated carbocycles. The van der Waals surface area contributed by atoms with Gasteiger partial charge in [-0.05, 0) is 44.9 Å². The van der Waals surface area contributed by atoms with Crippen LogP contribution < -0.4 is 0 Å². The molecule has 2 nitrogen and oxygen atoms in total. The lowest BCUT2D eigenvalue weighted by Crippen LogP contribution is -2.44. The van der Waals surface area contributed by atoms with Gasteiger partial charge in [-0.2, -0.15) is 0 Å². The smallest absolute Gasteiger partial charge is 0.139 e. The van der Waals surface area contributed by atoms with Crippen LogP contribution in [0.25, 0.3) is 0 Å². The van der Waals surface area contributed by atoms with Crippen molar-refractivity contribution in [2.75, 3.05) is 0 Å². The molecule has 0 amide bonds. The fourth-order valence-electron chi connectivity index (χ4n) is 3.37. The normalized spacial score (nSPS) is 41.1. The van der Waals surface area contributed by atoms with Gasteiger partial charge in [0, 0.05) is 17.8 Å². The third kappa shape index (κ3) is 1.75. The molecule has 84 valence electrons. The van der Waals surface area contributed by atoms with E-state index in [-0.39, 0.29) is 11.3 Å². The van der Waals surface area contributed by atoms with Crippen molar-refractivity contribution in [3.63, 3.8) is 0 Å². The Kier molecular flexibility index (Phi) is 2.70. The molecule has 0 aromatic heterocycles. The van der Waals surface area contributed by atoms with Gasteiger partial charge in [0.2, 0.25) is 0 Å². The van der Waals surface area contributed by atoms with Gasteiger partial charge in [-0.1, -0.05) is 6.92 Å². The van der Waals surface area contributed by atoms with Crippen LogP contribution in [0.1, 0.15) is 52.4 Å². The quantitative estimate of drug-likeness (QED) is 0.664. The molecule has 0 N–H and O–H groups in total. The fraction of sp³-hybridized carbons (Fsp3) is 0.846. The van der Waals surface area contributed by atoms with Gasteiger partial charge < -0.3 is 0 Å². The maximum Gasteiger partial charge on any atom is 0.139 e. The molecule has 15 heavy (non-hydrogen) atoms. The highest BCUT2D eigenvalue weighted by Gasteiger charge is 2.47.